The van der Waals surface area contributed by atoms with Crippen molar-refractivity contribution >= 4 is 23.6 Å². The Bertz CT molecular complexity index is 600. The zero-order valence-electron chi connectivity index (χ0n) is 12.4. The Labute approximate surface area is 128 Å². The molecule has 3 amide bonds. The number of hydrogen-bond donors (Lipinski definition) is 3. The molecule has 2 rings (SSSR count). The van der Waals surface area contributed by atoms with Crippen LogP contribution in [0, 0.1) is 0 Å². The summed E-state index contributed by atoms with van der Waals surface area (Å²) in [6.07, 6.45) is 1.19. The summed E-state index contributed by atoms with van der Waals surface area (Å²) in [6.45, 7) is 0.980. The predicted octanol–water partition coefficient (Wildman–Crippen LogP) is 1.30. The first-order valence-corrected chi connectivity index (χ1v) is 7.12. The number of rotatable bonds is 5. The maximum absolute atomic E-state index is 12.1. The van der Waals surface area contributed by atoms with Crippen LogP contribution in [0.3, 0.4) is 0 Å². The molecule has 0 bridgehead atoms. The lowest BCUT2D eigenvalue weighted by atomic mass is 9.99. The summed E-state index contributed by atoms with van der Waals surface area (Å²) in [5, 5.41) is 13.7. The van der Waals surface area contributed by atoms with Crippen molar-refractivity contribution in [2.45, 2.75) is 19.3 Å². The minimum absolute atomic E-state index is 0.0139. The van der Waals surface area contributed by atoms with Crippen LogP contribution in [-0.4, -0.2) is 48.1 Å². The summed E-state index contributed by atoms with van der Waals surface area (Å²) >= 11 is 0. The Hall–Kier alpha value is -2.57. The number of aliphatic carboxylic acids is 1. The van der Waals surface area contributed by atoms with Crippen LogP contribution >= 0.6 is 0 Å². The summed E-state index contributed by atoms with van der Waals surface area (Å²) in [4.78, 5) is 35.8. The number of carbonyl (C=O) groups is 3. The van der Waals surface area contributed by atoms with Crippen LogP contribution in [0.4, 0.5) is 10.5 Å². The predicted molar refractivity (Wildman–Crippen MR) is 81.0 cm³/mol. The summed E-state index contributed by atoms with van der Waals surface area (Å²) < 4.78 is 0. The molecule has 1 aliphatic rings. The van der Waals surface area contributed by atoms with Crippen molar-refractivity contribution in [2.24, 2.45) is 0 Å². The van der Waals surface area contributed by atoms with E-state index in [0.29, 0.717) is 24.2 Å². The number of nitrogens with one attached hydrogen (secondary N) is 2. The van der Waals surface area contributed by atoms with Crippen molar-refractivity contribution in [3.8, 4) is 0 Å². The van der Waals surface area contributed by atoms with Gasteiger partial charge in [0, 0.05) is 37.8 Å². The number of fused-ring (bicyclic) bond motifs is 1. The molecule has 3 N–H and O–H groups in total. The van der Waals surface area contributed by atoms with E-state index in [1.807, 2.05) is 6.07 Å². The Morgan fingerprint density at radius 1 is 1.36 bits per heavy atom. The standard InChI is InChI=1S/C15H19N3O4/c1-18-8-6-10-4-5-11(9-12(10)14(18)21)17-15(22)16-7-2-3-13(19)20/h4-5,9H,2-3,6-8H2,1H3,(H,19,20)(H2,16,17,22). The fraction of sp³-hybridized carbons (Fsp3) is 0.400. The van der Waals surface area contributed by atoms with Crippen LogP contribution in [0.5, 0.6) is 0 Å². The minimum Gasteiger partial charge on any atom is -0.481 e. The van der Waals surface area contributed by atoms with Crippen LogP contribution in [0.1, 0.15) is 28.8 Å². The lowest BCUT2D eigenvalue weighted by Crippen LogP contribution is -2.34. The highest BCUT2D eigenvalue weighted by Crippen LogP contribution is 2.21. The minimum atomic E-state index is -0.889. The Balaban J connectivity index is 1.92. The number of amides is 3. The molecule has 0 spiro atoms. The third-order valence-corrected chi connectivity index (χ3v) is 3.51. The summed E-state index contributed by atoms with van der Waals surface area (Å²) in [5.74, 6) is -0.939. The Morgan fingerprint density at radius 2 is 2.14 bits per heavy atom. The molecule has 0 saturated carbocycles. The molecule has 7 nitrogen and oxygen atoms in total. The van der Waals surface area contributed by atoms with Gasteiger partial charge in [0.15, 0.2) is 0 Å². The van der Waals surface area contributed by atoms with E-state index >= 15 is 0 Å². The van der Waals surface area contributed by atoms with Crippen LogP contribution in [0.25, 0.3) is 0 Å². The quantitative estimate of drug-likeness (QED) is 0.714. The highest BCUT2D eigenvalue weighted by atomic mass is 16.4. The van der Waals surface area contributed by atoms with Crippen molar-refractivity contribution in [1.29, 1.82) is 0 Å². The van der Waals surface area contributed by atoms with Crippen molar-refractivity contribution in [3.05, 3.63) is 29.3 Å². The highest BCUT2D eigenvalue weighted by Gasteiger charge is 2.21. The van der Waals surface area contributed by atoms with E-state index in [1.165, 1.54) is 0 Å². The molecular formula is C15H19N3O4. The Kier molecular flexibility index (Phi) is 4.98. The normalized spacial score (nSPS) is 13.5. The van der Waals surface area contributed by atoms with Crippen molar-refractivity contribution in [1.82, 2.24) is 10.2 Å². The summed E-state index contributed by atoms with van der Waals surface area (Å²) in [6, 6.07) is 4.86. The van der Waals surface area contributed by atoms with Gasteiger partial charge in [-0.3, -0.25) is 9.59 Å². The molecule has 0 aromatic heterocycles. The number of urea groups is 1. The number of carboxylic acid groups (broad SMARTS) is 1. The molecule has 1 aromatic carbocycles. The van der Waals surface area contributed by atoms with Gasteiger partial charge in [0.2, 0.25) is 0 Å². The number of carboxylic acids is 1. The van der Waals surface area contributed by atoms with E-state index in [2.05, 4.69) is 10.6 Å². The molecule has 0 aliphatic carbocycles. The van der Waals surface area contributed by atoms with E-state index in [9.17, 15) is 14.4 Å². The van der Waals surface area contributed by atoms with Gasteiger partial charge in [-0.15, -0.1) is 0 Å². The van der Waals surface area contributed by atoms with Gasteiger partial charge in [0.25, 0.3) is 5.91 Å². The lowest BCUT2D eigenvalue weighted by molar-refractivity contribution is -0.137. The first kappa shape index (κ1) is 15.8. The monoisotopic (exact) mass is 305 g/mol. The Morgan fingerprint density at radius 3 is 2.86 bits per heavy atom. The molecule has 1 heterocycles. The van der Waals surface area contributed by atoms with Crippen LogP contribution in [0.15, 0.2) is 18.2 Å². The van der Waals surface area contributed by atoms with Crippen molar-refractivity contribution < 1.29 is 19.5 Å². The second kappa shape index (κ2) is 6.93. The SMILES string of the molecule is CN1CCc2ccc(NC(=O)NCCCC(=O)O)cc2C1=O. The van der Waals surface area contributed by atoms with Gasteiger partial charge < -0.3 is 20.6 Å². The number of benzene rings is 1. The van der Waals surface area contributed by atoms with Gasteiger partial charge in [-0.2, -0.15) is 0 Å². The second-order valence-corrected chi connectivity index (χ2v) is 5.23. The van der Waals surface area contributed by atoms with Gasteiger partial charge in [-0.25, -0.2) is 4.79 Å². The van der Waals surface area contributed by atoms with Gasteiger partial charge in [0.05, 0.1) is 0 Å². The van der Waals surface area contributed by atoms with Gasteiger partial charge >= 0.3 is 12.0 Å². The van der Waals surface area contributed by atoms with Crippen molar-refractivity contribution in [2.75, 3.05) is 25.5 Å². The van der Waals surface area contributed by atoms with Crippen LogP contribution in [-0.2, 0) is 11.2 Å². The summed E-state index contributed by atoms with van der Waals surface area (Å²) in [7, 11) is 1.75. The maximum atomic E-state index is 12.1. The van der Waals surface area contributed by atoms with Crippen molar-refractivity contribution in [3.63, 3.8) is 0 Å². The molecule has 0 radical (unpaired) electrons. The molecule has 0 saturated heterocycles. The lowest BCUT2D eigenvalue weighted by Gasteiger charge is -2.25. The summed E-state index contributed by atoms with van der Waals surface area (Å²) in [5.41, 5.74) is 2.13. The number of likely N-dealkylation sites (N-methyl/N-ethyl adjacent to an activating group) is 1. The largest absolute Gasteiger partial charge is 0.481 e. The zero-order valence-corrected chi connectivity index (χ0v) is 12.4. The molecule has 22 heavy (non-hydrogen) atoms. The fourth-order valence-corrected chi connectivity index (χ4v) is 2.28. The number of nitrogens with zero attached hydrogens (tertiary/aromatic N) is 1. The number of anilines is 1. The van der Waals surface area contributed by atoms with E-state index in [-0.39, 0.29) is 18.9 Å². The van der Waals surface area contributed by atoms with E-state index in [4.69, 9.17) is 5.11 Å². The van der Waals surface area contributed by atoms with Gasteiger partial charge in [0.1, 0.15) is 0 Å². The van der Waals surface area contributed by atoms with Crippen LogP contribution in [0.2, 0.25) is 0 Å². The topological polar surface area (TPSA) is 98.7 Å². The highest BCUT2D eigenvalue weighted by molar-refractivity contribution is 5.98. The molecule has 1 aliphatic heterocycles. The number of carbonyl (C=O) groups excluding carboxylic acids is 2. The maximum Gasteiger partial charge on any atom is 0.319 e. The molecule has 0 atom stereocenters. The second-order valence-electron chi connectivity index (χ2n) is 5.23. The molecule has 118 valence electrons. The third-order valence-electron chi connectivity index (χ3n) is 3.51. The van der Waals surface area contributed by atoms with E-state index in [0.717, 1.165) is 12.0 Å². The van der Waals surface area contributed by atoms with Crippen LogP contribution < -0.4 is 10.6 Å². The third kappa shape index (κ3) is 3.97. The number of hydrogen-bond acceptors (Lipinski definition) is 3. The molecule has 7 heteroatoms. The first-order chi connectivity index (χ1) is 10.5. The molecule has 0 unspecified atom stereocenters. The van der Waals surface area contributed by atoms with E-state index < -0.39 is 12.0 Å². The average Bonchev–Trinajstić information content (AvgIpc) is 2.48. The molecule has 1 aromatic rings. The molecule has 0 fully saturated rings. The average molecular weight is 305 g/mol. The van der Waals surface area contributed by atoms with Gasteiger partial charge in [-0.1, -0.05) is 6.07 Å². The van der Waals surface area contributed by atoms with E-state index in [1.54, 1.807) is 24.1 Å². The van der Waals surface area contributed by atoms with Gasteiger partial charge in [-0.05, 0) is 30.5 Å². The first-order valence-electron chi connectivity index (χ1n) is 7.12. The smallest absolute Gasteiger partial charge is 0.319 e. The molecular weight excluding hydrogens is 286 g/mol. The zero-order chi connectivity index (χ0) is 16.1. The fourth-order valence-electron chi connectivity index (χ4n) is 2.28.